The Labute approximate surface area is 172 Å². The van der Waals surface area contributed by atoms with Crippen molar-refractivity contribution in [3.05, 3.63) is 82.4 Å². The first-order chi connectivity index (χ1) is 14.6. The fourth-order valence-corrected chi connectivity index (χ4v) is 3.55. The number of H-pyrrole nitrogens is 1. The van der Waals surface area contributed by atoms with Gasteiger partial charge in [0.2, 0.25) is 0 Å². The predicted molar refractivity (Wildman–Crippen MR) is 116 cm³/mol. The number of amidine groups is 1. The van der Waals surface area contributed by atoms with E-state index in [9.17, 15) is 5.11 Å². The fourth-order valence-electron chi connectivity index (χ4n) is 3.55. The minimum Gasteiger partial charge on any atom is -0.497 e. The average Bonchev–Trinajstić information content (AvgIpc) is 3.34. The van der Waals surface area contributed by atoms with E-state index in [0.29, 0.717) is 11.4 Å². The van der Waals surface area contributed by atoms with E-state index in [2.05, 4.69) is 15.0 Å². The maximum absolute atomic E-state index is 10.4. The number of aromatic nitrogens is 1. The van der Waals surface area contributed by atoms with Gasteiger partial charge in [-0.05, 0) is 65.9 Å². The molecule has 0 fully saturated rings. The van der Waals surface area contributed by atoms with Crippen LogP contribution in [0.4, 0.5) is 5.69 Å². The van der Waals surface area contributed by atoms with Crippen LogP contribution in [0.2, 0.25) is 0 Å². The Kier molecular flexibility index (Phi) is 4.25. The number of ether oxygens (including phenoxy) is 2. The van der Waals surface area contributed by atoms with Gasteiger partial charge in [0.25, 0.3) is 0 Å². The normalized spacial score (nSPS) is 13.1. The molecule has 4 aromatic rings. The number of methoxy groups -OCH3 is 2. The largest absolute Gasteiger partial charge is 0.497 e. The van der Waals surface area contributed by atoms with Crippen molar-refractivity contribution in [2.45, 2.75) is 0 Å². The van der Waals surface area contributed by atoms with Crippen LogP contribution >= 0.6 is 0 Å². The van der Waals surface area contributed by atoms with Gasteiger partial charge in [-0.3, -0.25) is 0 Å². The minimum absolute atomic E-state index is 0.117. The third-order valence-corrected chi connectivity index (χ3v) is 5.14. The van der Waals surface area contributed by atoms with Gasteiger partial charge < -0.3 is 19.6 Å². The zero-order valence-electron chi connectivity index (χ0n) is 16.5. The van der Waals surface area contributed by atoms with Gasteiger partial charge in [-0.15, -0.1) is 0 Å². The van der Waals surface area contributed by atoms with E-state index in [4.69, 9.17) is 9.47 Å². The molecule has 6 heteroatoms. The second kappa shape index (κ2) is 7.08. The molecule has 0 radical (unpaired) electrons. The number of hydrogen-bond acceptors (Lipinski definition) is 5. The van der Waals surface area contributed by atoms with Crippen molar-refractivity contribution in [2.75, 3.05) is 14.2 Å². The van der Waals surface area contributed by atoms with Crippen molar-refractivity contribution in [1.82, 2.24) is 4.98 Å². The van der Waals surface area contributed by atoms with E-state index in [1.54, 1.807) is 14.2 Å². The number of nitrogens with zero attached hydrogens (tertiary/aromatic N) is 2. The SMILES string of the molecule is COc1ccc(C2=Nc3c/c(=C\c4c(O)[nH]c5ccc(OC)cc45)ccc3=N2)cc1. The molecule has 0 amide bonds. The molecule has 30 heavy (non-hydrogen) atoms. The quantitative estimate of drug-likeness (QED) is 0.554. The first-order valence-corrected chi connectivity index (χ1v) is 9.47. The monoisotopic (exact) mass is 397 g/mol. The summed E-state index contributed by atoms with van der Waals surface area (Å²) in [6.07, 6.45) is 1.93. The number of aromatic amines is 1. The molecular weight excluding hydrogens is 378 g/mol. The molecule has 1 aliphatic heterocycles. The topological polar surface area (TPSA) is 79.2 Å². The highest BCUT2D eigenvalue weighted by Crippen LogP contribution is 2.30. The molecule has 148 valence electrons. The molecule has 0 spiro atoms. The Bertz CT molecular complexity index is 1420. The lowest BCUT2D eigenvalue weighted by Crippen LogP contribution is -2.07. The summed E-state index contributed by atoms with van der Waals surface area (Å²) in [4.78, 5) is 12.3. The van der Waals surface area contributed by atoms with Crippen LogP contribution in [0.15, 0.2) is 70.6 Å². The molecule has 0 saturated carbocycles. The van der Waals surface area contributed by atoms with Crippen LogP contribution in [0, 0.1) is 0 Å². The molecule has 0 unspecified atom stereocenters. The number of hydrogen-bond donors (Lipinski definition) is 2. The molecule has 6 nitrogen and oxygen atoms in total. The van der Waals surface area contributed by atoms with Crippen molar-refractivity contribution in [2.24, 2.45) is 9.98 Å². The van der Waals surface area contributed by atoms with Crippen LogP contribution in [0.1, 0.15) is 11.1 Å². The lowest BCUT2D eigenvalue weighted by atomic mass is 10.1. The van der Waals surface area contributed by atoms with E-state index in [-0.39, 0.29) is 5.88 Å². The van der Waals surface area contributed by atoms with Crippen LogP contribution in [-0.4, -0.2) is 30.1 Å². The van der Waals surface area contributed by atoms with Crippen LogP contribution in [-0.2, 0) is 0 Å². The van der Waals surface area contributed by atoms with Crippen molar-refractivity contribution < 1.29 is 14.6 Å². The molecule has 0 atom stereocenters. The lowest BCUT2D eigenvalue weighted by molar-refractivity contribution is 0.415. The minimum atomic E-state index is 0.117. The highest BCUT2D eigenvalue weighted by atomic mass is 16.5. The summed E-state index contributed by atoms with van der Waals surface area (Å²) in [6, 6.07) is 19.2. The van der Waals surface area contributed by atoms with E-state index in [1.807, 2.05) is 66.7 Å². The van der Waals surface area contributed by atoms with Crippen molar-refractivity contribution >= 4 is 28.5 Å². The predicted octanol–water partition coefficient (Wildman–Crippen LogP) is 3.43. The van der Waals surface area contributed by atoms with Gasteiger partial charge in [-0.2, -0.15) is 0 Å². The summed E-state index contributed by atoms with van der Waals surface area (Å²) in [6.45, 7) is 0. The third kappa shape index (κ3) is 3.08. The molecule has 2 heterocycles. The van der Waals surface area contributed by atoms with E-state index >= 15 is 0 Å². The van der Waals surface area contributed by atoms with Crippen LogP contribution in [0.3, 0.4) is 0 Å². The van der Waals surface area contributed by atoms with Crippen LogP contribution < -0.4 is 20.0 Å². The smallest absolute Gasteiger partial charge is 0.196 e. The standard InChI is InChI=1S/C24H19N3O3/c1-29-16-6-4-15(5-7-16)23-25-21-9-3-14(12-22(21)26-23)11-19-18-13-17(30-2)8-10-20(18)27-24(19)28/h3-13,27-28H,1-2H3/b14-11-. The maximum atomic E-state index is 10.4. The molecule has 5 rings (SSSR count). The summed E-state index contributed by atoms with van der Waals surface area (Å²) in [5.74, 6) is 2.31. The summed E-state index contributed by atoms with van der Waals surface area (Å²) in [7, 11) is 3.27. The number of aromatic hydroxyl groups is 1. The number of nitrogens with one attached hydrogen (secondary N) is 1. The number of benzene rings is 3. The van der Waals surface area contributed by atoms with Gasteiger partial charge in [0.05, 0.1) is 25.3 Å². The molecule has 1 aromatic heterocycles. The summed E-state index contributed by atoms with van der Waals surface area (Å²) >= 11 is 0. The van der Waals surface area contributed by atoms with Crippen molar-refractivity contribution in [3.63, 3.8) is 0 Å². The van der Waals surface area contributed by atoms with E-state index in [0.717, 1.165) is 44.2 Å². The second-order valence-electron chi connectivity index (χ2n) is 6.97. The summed E-state index contributed by atoms with van der Waals surface area (Å²) < 4.78 is 10.5. The first kappa shape index (κ1) is 18.0. The molecular formula is C24H19N3O3. The molecule has 0 bridgehead atoms. The zero-order chi connectivity index (χ0) is 20.7. The maximum Gasteiger partial charge on any atom is 0.196 e. The van der Waals surface area contributed by atoms with Gasteiger partial charge >= 0.3 is 0 Å². The molecule has 2 N–H and O–H groups in total. The van der Waals surface area contributed by atoms with E-state index in [1.165, 1.54) is 0 Å². The summed E-state index contributed by atoms with van der Waals surface area (Å²) in [5.41, 5.74) is 3.28. The van der Waals surface area contributed by atoms with Crippen LogP contribution in [0.25, 0.3) is 17.0 Å². The van der Waals surface area contributed by atoms with Gasteiger partial charge in [0.1, 0.15) is 11.5 Å². The van der Waals surface area contributed by atoms with Crippen LogP contribution in [0.5, 0.6) is 17.4 Å². The molecule has 1 aliphatic rings. The number of aliphatic imine (C=N–C) groups is 1. The fraction of sp³-hybridized carbons (Fsp3) is 0.0833. The van der Waals surface area contributed by atoms with E-state index < -0.39 is 0 Å². The number of fused-ring (bicyclic) bond motifs is 2. The van der Waals surface area contributed by atoms with Crippen molar-refractivity contribution in [1.29, 1.82) is 0 Å². The Hall–Kier alpha value is -4.06. The Morgan fingerprint density at radius 2 is 1.63 bits per heavy atom. The third-order valence-electron chi connectivity index (χ3n) is 5.14. The molecule has 0 saturated heterocycles. The molecule has 3 aromatic carbocycles. The Morgan fingerprint density at radius 1 is 0.867 bits per heavy atom. The zero-order valence-corrected chi connectivity index (χ0v) is 16.5. The first-order valence-electron chi connectivity index (χ1n) is 9.47. The summed E-state index contributed by atoms with van der Waals surface area (Å²) in [5, 5.41) is 13.0. The second-order valence-corrected chi connectivity index (χ2v) is 6.97. The van der Waals surface area contributed by atoms with Gasteiger partial charge in [0, 0.05) is 22.0 Å². The highest BCUT2D eigenvalue weighted by molar-refractivity contribution is 6.02. The van der Waals surface area contributed by atoms with Gasteiger partial charge in [0.15, 0.2) is 11.7 Å². The number of rotatable bonds is 4. The highest BCUT2D eigenvalue weighted by Gasteiger charge is 2.12. The Balaban J connectivity index is 1.56. The average molecular weight is 397 g/mol. The Morgan fingerprint density at radius 3 is 2.40 bits per heavy atom. The lowest BCUT2D eigenvalue weighted by Gasteiger charge is -2.00. The van der Waals surface area contributed by atoms with Crippen molar-refractivity contribution in [3.8, 4) is 17.4 Å². The van der Waals surface area contributed by atoms with Gasteiger partial charge in [-0.1, -0.05) is 6.07 Å². The van der Waals surface area contributed by atoms with Gasteiger partial charge in [-0.25, -0.2) is 9.98 Å². The molecule has 0 aliphatic carbocycles.